The monoisotopic (exact) mass is 289 g/mol. The van der Waals surface area contributed by atoms with Crippen molar-refractivity contribution in [3.8, 4) is 11.3 Å². The van der Waals surface area contributed by atoms with Crippen molar-refractivity contribution < 1.29 is 4.74 Å². The molecule has 0 aliphatic carbocycles. The van der Waals surface area contributed by atoms with E-state index in [0.29, 0.717) is 5.95 Å². The minimum absolute atomic E-state index is 0.645. The van der Waals surface area contributed by atoms with Crippen LogP contribution >= 0.6 is 0 Å². The minimum atomic E-state index is 0.645. The molecule has 0 saturated carbocycles. The molecule has 0 fully saturated rings. The highest BCUT2D eigenvalue weighted by atomic mass is 16.5. The molecule has 0 aromatic carbocycles. The van der Waals surface area contributed by atoms with Crippen LogP contribution in [0.5, 0.6) is 0 Å². The molecule has 2 rings (SSSR count). The van der Waals surface area contributed by atoms with Gasteiger partial charge in [-0.2, -0.15) is 5.10 Å². The molecular weight excluding hydrogens is 266 g/mol. The highest BCUT2D eigenvalue weighted by molar-refractivity contribution is 5.61. The predicted octanol–water partition coefficient (Wildman–Crippen LogP) is 2.41. The maximum Gasteiger partial charge on any atom is 0.223 e. The van der Waals surface area contributed by atoms with Gasteiger partial charge < -0.3 is 10.1 Å². The lowest BCUT2D eigenvalue weighted by molar-refractivity contribution is 0.134. The lowest BCUT2D eigenvalue weighted by Gasteiger charge is -2.06. The van der Waals surface area contributed by atoms with Crippen molar-refractivity contribution >= 4 is 5.95 Å². The molecule has 0 bridgehead atoms. The zero-order chi connectivity index (χ0) is 15.1. The van der Waals surface area contributed by atoms with Crippen LogP contribution in [-0.2, 0) is 11.8 Å². The van der Waals surface area contributed by atoms with Crippen LogP contribution in [0.4, 0.5) is 5.95 Å². The van der Waals surface area contributed by atoms with Crippen molar-refractivity contribution in [3.05, 3.63) is 24.2 Å². The first-order valence-corrected chi connectivity index (χ1v) is 7.36. The Bertz CT molecular complexity index is 567. The molecule has 2 aromatic heterocycles. The van der Waals surface area contributed by atoms with Crippen LogP contribution in [0.1, 0.15) is 25.5 Å². The lowest BCUT2D eigenvalue weighted by atomic mass is 10.2. The van der Waals surface area contributed by atoms with E-state index < -0.39 is 0 Å². The molecule has 0 radical (unpaired) electrons. The van der Waals surface area contributed by atoms with E-state index in [9.17, 15) is 0 Å². The van der Waals surface area contributed by atoms with E-state index in [4.69, 9.17) is 4.74 Å². The zero-order valence-electron chi connectivity index (χ0n) is 13.0. The maximum absolute atomic E-state index is 5.44. The van der Waals surface area contributed by atoms with Gasteiger partial charge >= 0.3 is 0 Å². The van der Waals surface area contributed by atoms with Gasteiger partial charge in [0.25, 0.3) is 0 Å². The Hall–Kier alpha value is -1.95. The Kier molecular flexibility index (Phi) is 5.68. The topological polar surface area (TPSA) is 64.9 Å². The number of rotatable bonds is 8. The van der Waals surface area contributed by atoms with Crippen molar-refractivity contribution in [3.63, 3.8) is 0 Å². The normalized spacial score (nSPS) is 10.8. The second-order valence-corrected chi connectivity index (χ2v) is 4.96. The summed E-state index contributed by atoms with van der Waals surface area (Å²) in [4.78, 5) is 8.78. The number of aryl methyl sites for hydroxylation is 2. The summed E-state index contributed by atoms with van der Waals surface area (Å²) in [6.07, 6.45) is 5.74. The fourth-order valence-electron chi connectivity index (χ4n) is 2.07. The zero-order valence-corrected chi connectivity index (χ0v) is 13.0. The molecule has 1 N–H and O–H groups in total. The third kappa shape index (κ3) is 4.53. The van der Waals surface area contributed by atoms with Crippen LogP contribution in [0.25, 0.3) is 11.3 Å². The number of nitrogens with zero attached hydrogens (tertiary/aromatic N) is 4. The molecule has 0 aliphatic heterocycles. The first-order chi connectivity index (χ1) is 10.2. The van der Waals surface area contributed by atoms with E-state index in [1.54, 1.807) is 10.9 Å². The number of anilines is 1. The number of hydrogen-bond donors (Lipinski definition) is 1. The molecule has 0 saturated heterocycles. The van der Waals surface area contributed by atoms with Gasteiger partial charge in [0.2, 0.25) is 5.95 Å². The van der Waals surface area contributed by atoms with Crippen LogP contribution in [0.2, 0.25) is 0 Å². The van der Waals surface area contributed by atoms with Crippen LogP contribution in [0, 0.1) is 6.92 Å². The first kappa shape index (κ1) is 15.4. The molecule has 0 atom stereocenters. The van der Waals surface area contributed by atoms with Crippen molar-refractivity contribution in [2.75, 3.05) is 25.1 Å². The fourth-order valence-corrected chi connectivity index (χ4v) is 2.07. The highest BCUT2D eigenvalue weighted by Gasteiger charge is 2.08. The van der Waals surface area contributed by atoms with Gasteiger partial charge in [-0.1, -0.05) is 6.92 Å². The summed E-state index contributed by atoms with van der Waals surface area (Å²) < 4.78 is 7.24. The summed E-state index contributed by atoms with van der Waals surface area (Å²) in [6, 6.07) is 1.90. The molecule has 0 spiro atoms. The van der Waals surface area contributed by atoms with Gasteiger partial charge in [-0.15, -0.1) is 0 Å². The summed E-state index contributed by atoms with van der Waals surface area (Å²) in [5.74, 6) is 0.645. The summed E-state index contributed by atoms with van der Waals surface area (Å²) in [5.41, 5.74) is 2.89. The summed E-state index contributed by atoms with van der Waals surface area (Å²) in [7, 11) is 1.91. The van der Waals surface area contributed by atoms with E-state index in [1.807, 2.05) is 26.2 Å². The Morgan fingerprint density at radius 3 is 2.90 bits per heavy atom. The molecule has 0 aliphatic rings. The third-order valence-corrected chi connectivity index (χ3v) is 3.04. The first-order valence-electron chi connectivity index (χ1n) is 7.36. The number of hydrogen-bond acceptors (Lipinski definition) is 5. The smallest absolute Gasteiger partial charge is 0.223 e. The second-order valence-electron chi connectivity index (χ2n) is 4.96. The minimum Gasteiger partial charge on any atom is -0.381 e. The molecular formula is C15H23N5O. The van der Waals surface area contributed by atoms with Gasteiger partial charge in [0, 0.05) is 44.8 Å². The Labute approximate surface area is 125 Å². The summed E-state index contributed by atoms with van der Waals surface area (Å²) >= 11 is 0. The molecule has 2 heterocycles. The van der Waals surface area contributed by atoms with Crippen molar-refractivity contribution in [1.29, 1.82) is 0 Å². The molecule has 114 valence electrons. The average molecular weight is 289 g/mol. The van der Waals surface area contributed by atoms with Gasteiger partial charge in [0.05, 0.1) is 11.4 Å². The number of ether oxygens (including phenoxy) is 1. The fraction of sp³-hybridized carbons (Fsp3) is 0.533. The maximum atomic E-state index is 5.44. The van der Waals surface area contributed by atoms with E-state index in [1.165, 1.54) is 0 Å². The quantitative estimate of drug-likeness (QED) is 0.756. The van der Waals surface area contributed by atoms with Gasteiger partial charge in [0.1, 0.15) is 0 Å². The Morgan fingerprint density at radius 2 is 2.19 bits per heavy atom. The van der Waals surface area contributed by atoms with Crippen LogP contribution in [-0.4, -0.2) is 39.5 Å². The SMILES string of the molecule is CCCOCCCNc1nccc(-c2cn(C)nc2C)n1. The lowest BCUT2D eigenvalue weighted by Crippen LogP contribution is -2.08. The molecule has 0 unspecified atom stereocenters. The van der Waals surface area contributed by atoms with Crippen LogP contribution in [0.3, 0.4) is 0 Å². The van der Waals surface area contributed by atoms with E-state index in [0.717, 1.165) is 49.6 Å². The van der Waals surface area contributed by atoms with E-state index >= 15 is 0 Å². The molecule has 6 nitrogen and oxygen atoms in total. The standard InChI is InChI=1S/C15H23N5O/c1-4-9-21-10-5-7-16-15-17-8-6-14(18-15)13-11-20(3)19-12(13)2/h6,8,11H,4-5,7,9-10H2,1-3H3,(H,16,17,18). The predicted molar refractivity (Wildman–Crippen MR) is 83.2 cm³/mol. The number of nitrogens with one attached hydrogen (secondary N) is 1. The number of aromatic nitrogens is 4. The van der Waals surface area contributed by atoms with Gasteiger partial charge in [-0.3, -0.25) is 4.68 Å². The average Bonchev–Trinajstić information content (AvgIpc) is 2.82. The van der Waals surface area contributed by atoms with Gasteiger partial charge in [0.15, 0.2) is 0 Å². The second kappa shape index (κ2) is 7.73. The van der Waals surface area contributed by atoms with Crippen molar-refractivity contribution in [1.82, 2.24) is 19.7 Å². The van der Waals surface area contributed by atoms with E-state index in [-0.39, 0.29) is 0 Å². The molecule has 6 heteroatoms. The largest absolute Gasteiger partial charge is 0.381 e. The molecule has 0 amide bonds. The Balaban J connectivity index is 1.91. The van der Waals surface area contributed by atoms with Crippen molar-refractivity contribution in [2.45, 2.75) is 26.7 Å². The highest BCUT2D eigenvalue weighted by Crippen LogP contribution is 2.20. The Morgan fingerprint density at radius 1 is 1.33 bits per heavy atom. The molecule has 21 heavy (non-hydrogen) atoms. The van der Waals surface area contributed by atoms with Gasteiger partial charge in [-0.25, -0.2) is 9.97 Å². The van der Waals surface area contributed by atoms with E-state index in [2.05, 4.69) is 27.3 Å². The summed E-state index contributed by atoms with van der Waals surface area (Å²) in [6.45, 7) is 6.49. The van der Waals surface area contributed by atoms with Crippen LogP contribution in [0.15, 0.2) is 18.5 Å². The third-order valence-electron chi connectivity index (χ3n) is 3.04. The molecule has 2 aromatic rings. The van der Waals surface area contributed by atoms with Crippen molar-refractivity contribution in [2.24, 2.45) is 7.05 Å². The van der Waals surface area contributed by atoms with Crippen LogP contribution < -0.4 is 5.32 Å². The van der Waals surface area contributed by atoms with Gasteiger partial charge in [-0.05, 0) is 25.8 Å². The summed E-state index contributed by atoms with van der Waals surface area (Å²) in [5, 5.41) is 7.57.